The van der Waals surface area contributed by atoms with Gasteiger partial charge in [-0.05, 0) is 6.07 Å². The summed E-state index contributed by atoms with van der Waals surface area (Å²) in [5, 5.41) is 21.9. The molecule has 8 nitrogen and oxygen atoms in total. The number of pyridine rings is 1. The van der Waals surface area contributed by atoms with E-state index in [0.29, 0.717) is 6.07 Å². The normalized spacial score (nSPS) is 12.0. The van der Waals surface area contributed by atoms with Gasteiger partial charge in [0.2, 0.25) is 0 Å². The minimum Gasteiger partial charge on any atom is -0.333 e. The molecule has 0 amide bonds. The van der Waals surface area contributed by atoms with Crippen LogP contribution in [0.5, 0.6) is 0 Å². The maximum Gasteiger partial charge on any atom is 0.418 e. The lowest BCUT2D eigenvalue weighted by molar-refractivity contribution is -0.393. The van der Waals surface area contributed by atoms with Crippen molar-refractivity contribution in [2.75, 3.05) is 5.32 Å². The van der Waals surface area contributed by atoms with Gasteiger partial charge in [0, 0.05) is 12.3 Å². The summed E-state index contributed by atoms with van der Waals surface area (Å²) in [6.07, 6.45) is -9.99. The zero-order chi connectivity index (χ0) is 22.3. The second-order valence-electron chi connectivity index (χ2n) is 5.17. The Bertz CT molecular complexity index is 1010. The van der Waals surface area contributed by atoms with E-state index in [-0.39, 0.29) is 12.3 Å². The van der Waals surface area contributed by atoms with Crippen molar-refractivity contribution in [1.29, 1.82) is 0 Å². The van der Waals surface area contributed by atoms with Gasteiger partial charge in [0.05, 0.1) is 26.0 Å². The number of aromatic nitrogens is 1. The summed E-state index contributed by atoms with van der Waals surface area (Å²) in [4.78, 5) is 22.6. The van der Waals surface area contributed by atoms with Crippen LogP contribution in [0.1, 0.15) is 11.1 Å². The quantitative estimate of drug-likeness (QED) is 0.338. The van der Waals surface area contributed by atoms with Crippen LogP contribution < -0.4 is 5.32 Å². The van der Waals surface area contributed by atoms with Gasteiger partial charge in [-0.15, -0.1) is 0 Å². The van der Waals surface area contributed by atoms with Gasteiger partial charge in [-0.1, -0.05) is 23.2 Å². The van der Waals surface area contributed by atoms with E-state index in [1.54, 1.807) is 5.32 Å². The van der Waals surface area contributed by atoms with Crippen molar-refractivity contribution in [2.24, 2.45) is 0 Å². The molecule has 2 rings (SSSR count). The van der Waals surface area contributed by atoms with Crippen molar-refractivity contribution >= 4 is 46.1 Å². The Morgan fingerprint density at radius 1 is 0.966 bits per heavy atom. The second kappa shape index (κ2) is 7.51. The number of halogens is 8. The van der Waals surface area contributed by atoms with Crippen LogP contribution in [0.3, 0.4) is 0 Å². The van der Waals surface area contributed by atoms with E-state index in [1.165, 1.54) is 0 Å². The fourth-order valence-electron chi connectivity index (χ4n) is 2.09. The lowest BCUT2D eigenvalue weighted by Crippen LogP contribution is -2.13. The van der Waals surface area contributed by atoms with Crippen molar-refractivity contribution in [3.63, 3.8) is 0 Å². The molecule has 0 atom stereocenters. The first-order chi connectivity index (χ1) is 13.1. The third-order valence-electron chi connectivity index (χ3n) is 3.32. The van der Waals surface area contributed by atoms with Gasteiger partial charge in [-0.3, -0.25) is 20.2 Å². The Labute approximate surface area is 165 Å². The number of benzene rings is 1. The molecular formula is C13H4Cl2F6N4O4. The number of nitrogens with one attached hydrogen (secondary N) is 1. The van der Waals surface area contributed by atoms with E-state index in [1.807, 2.05) is 0 Å². The molecule has 0 fully saturated rings. The molecule has 0 saturated carbocycles. The summed E-state index contributed by atoms with van der Waals surface area (Å²) in [5.41, 5.74) is -7.53. The number of nitrogens with zero attached hydrogens (tertiary/aromatic N) is 3. The molecule has 0 unspecified atom stereocenters. The molecule has 1 aromatic carbocycles. The van der Waals surface area contributed by atoms with Crippen LogP contribution in [0, 0.1) is 20.2 Å². The Balaban J connectivity index is 2.76. The molecule has 0 spiro atoms. The Morgan fingerprint density at radius 3 is 1.97 bits per heavy atom. The van der Waals surface area contributed by atoms with Gasteiger partial charge in [-0.25, -0.2) is 4.98 Å². The lowest BCUT2D eigenvalue weighted by Gasteiger charge is -2.16. The molecule has 156 valence electrons. The minimum absolute atomic E-state index is 0.0599. The molecule has 0 aliphatic carbocycles. The van der Waals surface area contributed by atoms with Gasteiger partial charge < -0.3 is 5.32 Å². The highest BCUT2D eigenvalue weighted by Crippen LogP contribution is 2.48. The topological polar surface area (TPSA) is 111 Å². The van der Waals surface area contributed by atoms with Gasteiger partial charge >= 0.3 is 18.0 Å². The maximum absolute atomic E-state index is 13.4. The van der Waals surface area contributed by atoms with Crippen molar-refractivity contribution in [3.05, 3.63) is 59.7 Å². The van der Waals surface area contributed by atoms with E-state index in [0.717, 1.165) is 0 Å². The molecule has 1 aromatic heterocycles. The summed E-state index contributed by atoms with van der Waals surface area (Å²) in [6.45, 7) is 0. The first-order valence-corrected chi connectivity index (χ1v) is 7.62. The average molecular weight is 465 g/mol. The monoisotopic (exact) mass is 464 g/mol. The molecule has 0 saturated heterocycles. The van der Waals surface area contributed by atoms with Crippen molar-refractivity contribution in [3.8, 4) is 0 Å². The average Bonchev–Trinajstić information content (AvgIpc) is 2.53. The van der Waals surface area contributed by atoms with E-state index in [4.69, 9.17) is 23.2 Å². The van der Waals surface area contributed by atoms with Crippen molar-refractivity contribution in [2.45, 2.75) is 12.4 Å². The van der Waals surface area contributed by atoms with Gasteiger partial charge in [0.25, 0.3) is 5.69 Å². The molecule has 1 heterocycles. The Morgan fingerprint density at radius 2 is 1.55 bits per heavy atom. The number of rotatable bonds is 4. The molecule has 1 N–H and O–H groups in total. The van der Waals surface area contributed by atoms with E-state index >= 15 is 0 Å². The smallest absolute Gasteiger partial charge is 0.333 e. The van der Waals surface area contributed by atoms with E-state index in [9.17, 15) is 46.6 Å². The molecule has 0 radical (unpaired) electrons. The summed E-state index contributed by atoms with van der Waals surface area (Å²) in [5.74, 6) is -0.807. The summed E-state index contributed by atoms with van der Waals surface area (Å²) < 4.78 is 78.0. The van der Waals surface area contributed by atoms with Gasteiger partial charge in [0.1, 0.15) is 11.5 Å². The summed E-state index contributed by atoms with van der Waals surface area (Å²) in [6, 6.07) is 0.263. The number of nitro benzene ring substituents is 2. The number of hydrogen-bond acceptors (Lipinski definition) is 6. The first-order valence-electron chi connectivity index (χ1n) is 6.86. The van der Waals surface area contributed by atoms with Crippen LogP contribution in [-0.2, 0) is 12.4 Å². The Hall–Kier alpha value is -2.87. The first kappa shape index (κ1) is 22.4. The molecule has 0 aliphatic rings. The summed E-state index contributed by atoms with van der Waals surface area (Å²) >= 11 is 11.1. The molecule has 0 bridgehead atoms. The fraction of sp³-hybridized carbons (Fsp3) is 0.154. The second-order valence-corrected chi connectivity index (χ2v) is 5.96. The number of alkyl halides is 6. The molecule has 0 aliphatic heterocycles. The van der Waals surface area contributed by atoms with Crippen LogP contribution in [0.15, 0.2) is 18.3 Å². The summed E-state index contributed by atoms with van der Waals surface area (Å²) in [7, 11) is 0. The predicted octanol–water partition coefficient (Wildman–Crippen LogP) is 5.99. The molecule has 16 heteroatoms. The fourth-order valence-corrected chi connectivity index (χ4v) is 2.59. The van der Waals surface area contributed by atoms with Crippen LogP contribution in [0.2, 0.25) is 10.0 Å². The number of nitro groups is 2. The standard InChI is InChI=1S/C13H4Cl2F6N4O4/c14-6-1-4(12(16,17)18)3-22-11(6)23-9-5(13(19,20)21)2-7(24(26)27)8(15)10(9)25(28)29/h1-3H,(H,22,23). The van der Waals surface area contributed by atoms with E-state index in [2.05, 4.69) is 4.98 Å². The molecular weight excluding hydrogens is 461 g/mol. The third kappa shape index (κ3) is 4.59. The highest BCUT2D eigenvalue weighted by molar-refractivity contribution is 6.36. The van der Waals surface area contributed by atoms with Gasteiger partial charge in [0.15, 0.2) is 5.02 Å². The number of anilines is 2. The SMILES string of the molecule is O=[N+]([O-])c1cc(C(F)(F)F)c(Nc2ncc(C(F)(F)F)cc2Cl)c([N+](=O)[O-])c1Cl. The van der Waals surface area contributed by atoms with Crippen LogP contribution in [0.25, 0.3) is 0 Å². The maximum atomic E-state index is 13.4. The van der Waals surface area contributed by atoms with Crippen molar-refractivity contribution in [1.82, 2.24) is 4.98 Å². The highest BCUT2D eigenvalue weighted by atomic mass is 35.5. The highest BCUT2D eigenvalue weighted by Gasteiger charge is 2.42. The Kier molecular flexibility index (Phi) is 5.81. The molecule has 29 heavy (non-hydrogen) atoms. The predicted molar refractivity (Wildman–Crippen MR) is 87.3 cm³/mol. The molecule has 2 aromatic rings. The minimum atomic E-state index is -5.35. The zero-order valence-corrected chi connectivity index (χ0v) is 14.7. The number of hydrogen-bond donors (Lipinski definition) is 1. The van der Waals surface area contributed by atoms with Crippen LogP contribution >= 0.6 is 23.2 Å². The zero-order valence-electron chi connectivity index (χ0n) is 13.2. The largest absolute Gasteiger partial charge is 0.418 e. The third-order valence-corrected chi connectivity index (χ3v) is 3.98. The lowest BCUT2D eigenvalue weighted by atomic mass is 10.1. The van der Waals surface area contributed by atoms with Crippen LogP contribution in [-0.4, -0.2) is 14.8 Å². The van der Waals surface area contributed by atoms with Gasteiger partial charge in [-0.2, -0.15) is 26.3 Å². The van der Waals surface area contributed by atoms with E-state index < -0.39 is 66.3 Å². The van der Waals surface area contributed by atoms with Crippen molar-refractivity contribution < 1.29 is 36.2 Å². The van der Waals surface area contributed by atoms with Crippen LogP contribution in [0.4, 0.5) is 49.2 Å².